The molecule has 0 heterocycles. The third-order valence-electron chi connectivity index (χ3n) is 3.16. The Labute approximate surface area is 130 Å². The Morgan fingerprint density at radius 1 is 1.00 bits per heavy atom. The van der Waals surface area contributed by atoms with E-state index in [0.717, 1.165) is 0 Å². The largest absolute Gasteiger partial charge is 0.461 e. The molecular formula is C17H13F3O3. The number of carbonyl (C=O) groups is 2. The zero-order valence-corrected chi connectivity index (χ0v) is 12.2. The SMILES string of the molecule is CC(=O)c1cccc(COC(=O)Cc2cc(F)c(F)cc2F)c1. The zero-order valence-electron chi connectivity index (χ0n) is 12.2. The van der Waals surface area contributed by atoms with Gasteiger partial charge in [0.25, 0.3) is 0 Å². The fourth-order valence-electron chi connectivity index (χ4n) is 1.95. The highest BCUT2D eigenvalue weighted by Gasteiger charge is 2.14. The number of hydrogen-bond acceptors (Lipinski definition) is 3. The van der Waals surface area contributed by atoms with Gasteiger partial charge in [0, 0.05) is 17.2 Å². The summed E-state index contributed by atoms with van der Waals surface area (Å²) >= 11 is 0. The second kappa shape index (κ2) is 7.09. The van der Waals surface area contributed by atoms with E-state index in [0.29, 0.717) is 23.3 Å². The quantitative estimate of drug-likeness (QED) is 0.480. The molecule has 6 heteroatoms. The molecule has 0 unspecified atom stereocenters. The summed E-state index contributed by atoms with van der Waals surface area (Å²) in [5, 5.41) is 0. The molecule has 0 spiro atoms. The van der Waals surface area contributed by atoms with E-state index in [1.165, 1.54) is 6.92 Å². The van der Waals surface area contributed by atoms with Gasteiger partial charge in [-0.05, 0) is 24.6 Å². The summed E-state index contributed by atoms with van der Waals surface area (Å²) in [6, 6.07) is 7.53. The van der Waals surface area contributed by atoms with E-state index < -0.39 is 29.8 Å². The summed E-state index contributed by atoms with van der Waals surface area (Å²) in [5.41, 5.74) is 0.786. The van der Waals surface area contributed by atoms with Gasteiger partial charge >= 0.3 is 5.97 Å². The molecule has 0 radical (unpaired) electrons. The number of ketones is 1. The van der Waals surface area contributed by atoms with E-state index in [1.54, 1.807) is 24.3 Å². The van der Waals surface area contributed by atoms with Gasteiger partial charge in [-0.3, -0.25) is 9.59 Å². The van der Waals surface area contributed by atoms with Crippen molar-refractivity contribution in [3.05, 3.63) is 70.5 Å². The lowest BCUT2D eigenvalue weighted by Crippen LogP contribution is -2.10. The predicted octanol–water partition coefficient (Wildman–Crippen LogP) is 3.59. The van der Waals surface area contributed by atoms with Gasteiger partial charge in [0.05, 0.1) is 6.42 Å². The molecule has 23 heavy (non-hydrogen) atoms. The molecule has 0 fully saturated rings. The molecule has 120 valence electrons. The average molecular weight is 322 g/mol. The highest BCUT2D eigenvalue weighted by atomic mass is 19.2. The Morgan fingerprint density at radius 3 is 2.39 bits per heavy atom. The highest BCUT2D eigenvalue weighted by Crippen LogP contribution is 2.15. The molecular weight excluding hydrogens is 309 g/mol. The van der Waals surface area contributed by atoms with Gasteiger partial charge in [0.15, 0.2) is 17.4 Å². The fraction of sp³-hybridized carbons (Fsp3) is 0.176. The van der Waals surface area contributed by atoms with Crippen molar-refractivity contribution >= 4 is 11.8 Å². The minimum Gasteiger partial charge on any atom is -0.461 e. The molecule has 0 amide bonds. The first-order valence-electron chi connectivity index (χ1n) is 6.75. The van der Waals surface area contributed by atoms with Crippen molar-refractivity contribution in [2.75, 3.05) is 0 Å². The first-order valence-corrected chi connectivity index (χ1v) is 6.75. The summed E-state index contributed by atoms with van der Waals surface area (Å²) in [6.45, 7) is 1.31. The molecule has 2 rings (SSSR count). The van der Waals surface area contributed by atoms with Crippen LogP contribution in [0.3, 0.4) is 0 Å². The number of halogens is 3. The molecule has 0 aliphatic rings. The van der Waals surface area contributed by atoms with Gasteiger partial charge in [-0.2, -0.15) is 0 Å². The first kappa shape index (κ1) is 16.7. The number of hydrogen-bond donors (Lipinski definition) is 0. The molecule has 0 bridgehead atoms. The van der Waals surface area contributed by atoms with Crippen LogP contribution in [-0.2, 0) is 22.6 Å². The number of Topliss-reactive ketones (excluding diaryl/α,β-unsaturated/α-hetero) is 1. The fourth-order valence-corrected chi connectivity index (χ4v) is 1.95. The van der Waals surface area contributed by atoms with E-state index >= 15 is 0 Å². The summed E-state index contributed by atoms with van der Waals surface area (Å²) in [4.78, 5) is 22.9. The van der Waals surface area contributed by atoms with E-state index in [-0.39, 0.29) is 18.0 Å². The van der Waals surface area contributed by atoms with E-state index in [2.05, 4.69) is 0 Å². The van der Waals surface area contributed by atoms with Crippen LogP contribution >= 0.6 is 0 Å². The minimum atomic E-state index is -1.32. The van der Waals surface area contributed by atoms with E-state index in [4.69, 9.17) is 4.74 Å². The Hall–Kier alpha value is -2.63. The Kier molecular flexibility index (Phi) is 5.16. The van der Waals surface area contributed by atoms with Crippen molar-refractivity contribution in [3.8, 4) is 0 Å². The summed E-state index contributed by atoms with van der Waals surface area (Å²) in [7, 11) is 0. The van der Waals surface area contributed by atoms with Crippen LogP contribution in [-0.4, -0.2) is 11.8 Å². The van der Waals surface area contributed by atoms with Crippen molar-refractivity contribution in [1.29, 1.82) is 0 Å². The number of ether oxygens (including phenoxy) is 1. The van der Waals surface area contributed by atoms with Gasteiger partial charge in [-0.1, -0.05) is 18.2 Å². The molecule has 0 aromatic heterocycles. The maximum atomic E-state index is 13.4. The van der Waals surface area contributed by atoms with Crippen LogP contribution in [0, 0.1) is 17.5 Å². The second-order valence-electron chi connectivity index (χ2n) is 4.95. The lowest BCUT2D eigenvalue weighted by Gasteiger charge is -2.07. The molecule has 0 aliphatic heterocycles. The number of benzene rings is 2. The first-order chi connectivity index (χ1) is 10.9. The van der Waals surface area contributed by atoms with Crippen molar-refractivity contribution in [3.63, 3.8) is 0 Å². The van der Waals surface area contributed by atoms with Crippen LogP contribution in [0.5, 0.6) is 0 Å². The molecule has 0 atom stereocenters. The van der Waals surface area contributed by atoms with Crippen molar-refractivity contribution in [1.82, 2.24) is 0 Å². The van der Waals surface area contributed by atoms with E-state index in [9.17, 15) is 22.8 Å². The summed E-state index contributed by atoms with van der Waals surface area (Å²) in [5.74, 6) is -4.48. The summed E-state index contributed by atoms with van der Waals surface area (Å²) < 4.78 is 44.3. The average Bonchev–Trinajstić information content (AvgIpc) is 2.51. The van der Waals surface area contributed by atoms with Crippen LogP contribution in [0.2, 0.25) is 0 Å². The monoisotopic (exact) mass is 322 g/mol. The Balaban J connectivity index is 1.99. The molecule has 0 saturated carbocycles. The highest BCUT2D eigenvalue weighted by molar-refractivity contribution is 5.94. The van der Waals surface area contributed by atoms with Crippen molar-refractivity contribution in [2.45, 2.75) is 20.0 Å². The second-order valence-corrected chi connectivity index (χ2v) is 4.95. The molecule has 0 aliphatic carbocycles. The van der Waals surface area contributed by atoms with Crippen LogP contribution in [0.4, 0.5) is 13.2 Å². The predicted molar refractivity (Wildman–Crippen MR) is 76.3 cm³/mol. The van der Waals surface area contributed by atoms with Gasteiger partial charge in [0.1, 0.15) is 12.4 Å². The number of rotatable bonds is 5. The Morgan fingerprint density at radius 2 is 1.70 bits per heavy atom. The van der Waals surface area contributed by atoms with Gasteiger partial charge in [-0.25, -0.2) is 13.2 Å². The third-order valence-corrected chi connectivity index (χ3v) is 3.16. The zero-order chi connectivity index (χ0) is 17.0. The lowest BCUT2D eigenvalue weighted by molar-refractivity contribution is -0.144. The van der Waals surface area contributed by atoms with Crippen LogP contribution < -0.4 is 0 Å². The topological polar surface area (TPSA) is 43.4 Å². The molecule has 0 saturated heterocycles. The molecule has 2 aromatic rings. The van der Waals surface area contributed by atoms with Gasteiger partial charge in [-0.15, -0.1) is 0 Å². The van der Waals surface area contributed by atoms with Crippen LogP contribution in [0.15, 0.2) is 36.4 Å². The maximum Gasteiger partial charge on any atom is 0.310 e. The lowest BCUT2D eigenvalue weighted by atomic mass is 10.1. The van der Waals surface area contributed by atoms with Crippen LogP contribution in [0.1, 0.15) is 28.4 Å². The Bertz CT molecular complexity index is 757. The number of carbonyl (C=O) groups excluding carboxylic acids is 2. The van der Waals surface area contributed by atoms with E-state index in [1.807, 2.05) is 0 Å². The van der Waals surface area contributed by atoms with Crippen molar-refractivity contribution in [2.24, 2.45) is 0 Å². The van der Waals surface area contributed by atoms with Crippen LogP contribution in [0.25, 0.3) is 0 Å². The normalized spacial score (nSPS) is 10.4. The van der Waals surface area contributed by atoms with Gasteiger partial charge < -0.3 is 4.74 Å². The number of esters is 1. The standard InChI is InChI=1S/C17H13F3O3/c1-10(21)12-4-2-3-11(5-12)9-23-17(22)7-13-6-15(19)16(20)8-14(13)18/h2-6,8H,7,9H2,1H3. The molecule has 2 aromatic carbocycles. The van der Waals surface area contributed by atoms with Crippen molar-refractivity contribution < 1.29 is 27.5 Å². The maximum absolute atomic E-state index is 13.4. The summed E-state index contributed by atoms with van der Waals surface area (Å²) in [6.07, 6.45) is -0.518. The molecule has 0 N–H and O–H groups in total. The minimum absolute atomic E-state index is 0.106. The molecule has 3 nitrogen and oxygen atoms in total. The smallest absolute Gasteiger partial charge is 0.310 e. The van der Waals surface area contributed by atoms with Gasteiger partial charge in [0.2, 0.25) is 0 Å². The third kappa shape index (κ3) is 4.42.